The number of carbonyl (C=O) groups excluding carboxylic acids is 1. The van der Waals surface area contributed by atoms with Crippen molar-refractivity contribution in [2.75, 3.05) is 14.2 Å². The second-order valence-corrected chi connectivity index (χ2v) is 6.25. The van der Waals surface area contributed by atoms with E-state index in [2.05, 4.69) is 9.05 Å². The molecule has 1 aromatic carbocycles. The van der Waals surface area contributed by atoms with Gasteiger partial charge >= 0.3 is 13.6 Å². The fraction of sp³-hybridized carbons (Fsp3) is 0.364. The van der Waals surface area contributed by atoms with Crippen LogP contribution in [0.25, 0.3) is 0 Å². The Hall–Kier alpha value is -1.80. The molecule has 1 rings (SSSR count). The molecule has 0 saturated carbocycles. The lowest BCUT2D eigenvalue weighted by molar-refractivity contribution is -0.384. The first-order valence-electron chi connectivity index (χ1n) is 5.71. The van der Waals surface area contributed by atoms with Gasteiger partial charge in [0.1, 0.15) is 6.61 Å². The van der Waals surface area contributed by atoms with Crippen molar-refractivity contribution in [2.45, 2.75) is 12.4 Å². The van der Waals surface area contributed by atoms with Gasteiger partial charge in [0.15, 0.2) is 0 Å². The van der Waals surface area contributed by atoms with E-state index in [1.165, 1.54) is 24.3 Å². The lowest BCUT2D eigenvalue weighted by Gasteiger charge is -2.19. The molecule has 1 unspecified atom stereocenters. The van der Waals surface area contributed by atoms with Crippen LogP contribution < -0.4 is 5.73 Å². The Bertz CT molecular complexity index is 552. The molecule has 0 saturated heterocycles. The number of ether oxygens (including phenoxy) is 1. The van der Waals surface area contributed by atoms with Crippen LogP contribution in [0, 0.1) is 10.1 Å². The van der Waals surface area contributed by atoms with Gasteiger partial charge in [-0.15, -0.1) is 0 Å². The van der Waals surface area contributed by atoms with Gasteiger partial charge in [-0.05, 0) is 17.7 Å². The predicted octanol–water partition coefficient (Wildman–Crippen LogP) is 1.41. The molecule has 1 atom stereocenters. The maximum atomic E-state index is 11.9. The largest absolute Gasteiger partial charge is 0.459 e. The average molecular weight is 318 g/mol. The van der Waals surface area contributed by atoms with Crippen LogP contribution in [-0.4, -0.2) is 30.9 Å². The SMILES string of the molecule is COP(=O)(OC)C(N)C(=O)OCc1ccc([N+](=O)[O-])cc1. The topological polar surface area (TPSA) is 131 Å². The summed E-state index contributed by atoms with van der Waals surface area (Å²) in [6.45, 7) is -0.169. The molecule has 0 aliphatic rings. The number of nitrogens with two attached hydrogens (primary N) is 1. The van der Waals surface area contributed by atoms with E-state index in [4.69, 9.17) is 10.5 Å². The molecule has 0 bridgehead atoms. The summed E-state index contributed by atoms with van der Waals surface area (Å²) in [6, 6.07) is 5.42. The van der Waals surface area contributed by atoms with Gasteiger partial charge in [-0.2, -0.15) is 0 Å². The summed E-state index contributed by atoms with van der Waals surface area (Å²) in [5, 5.41) is 10.5. The Morgan fingerprint density at radius 1 is 1.33 bits per heavy atom. The Kier molecular flexibility index (Phi) is 5.98. The van der Waals surface area contributed by atoms with Crippen molar-refractivity contribution < 1.29 is 28.1 Å². The molecule has 9 nitrogen and oxygen atoms in total. The van der Waals surface area contributed by atoms with E-state index < -0.39 is 24.3 Å². The minimum Gasteiger partial charge on any atom is -0.459 e. The number of benzene rings is 1. The van der Waals surface area contributed by atoms with E-state index in [1.807, 2.05) is 0 Å². The van der Waals surface area contributed by atoms with Gasteiger partial charge in [0.2, 0.25) is 5.78 Å². The Morgan fingerprint density at radius 2 is 1.86 bits per heavy atom. The van der Waals surface area contributed by atoms with Gasteiger partial charge in [0.25, 0.3) is 5.69 Å². The number of carbonyl (C=O) groups is 1. The molecule has 0 heterocycles. The molecule has 0 fully saturated rings. The second kappa shape index (κ2) is 7.28. The quantitative estimate of drug-likeness (QED) is 0.345. The highest BCUT2D eigenvalue weighted by atomic mass is 31.2. The van der Waals surface area contributed by atoms with Crippen LogP contribution in [0.3, 0.4) is 0 Å². The maximum absolute atomic E-state index is 11.9. The highest BCUT2D eigenvalue weighted by Crippen LogP contribution is 2.49. The van der Waals surface area contributed by atoms with E-state index in [0.29, 0.717) is 5.56 Å². The van der Waals surface area contributed by atoms with E-state index in [0.717, 1.165) is 14.2 Å². The fourth-order valence-corrected chi connectivity index (χ4v) is 2.32. The van der Waals surface area contributed by atoms with Crippen molar-refractivity contribution in [1.82, 2.24) is 0 Å². The third-order valence-electron chi connectivity index (χ3n) is 2.62. The maximum Gasteiger partial charge on any atom is 0.358 e. The summed E-state index contributed by atoms with van der Waals surface area (Å²) in [5.74, 6) is -2.52. The molecule has 0 aromatic heterocycles. The minimum atomic E-state index is -3.76. The minimum absolute atomic E-state index is 0.0787. The Labute approximate surface area is 120 Å². The van der Waals surface area contributed by atoms with Crippen LogP contribution in [0.5, 0.6) is 0 Å². The average Bonchev–Trinajstić information content (AvgIpc) is 2.51. The molecule has 1 aromatic rings. The van der Waals surface area contributed by atoms with Gasteiger partial charge in [-0.1, -0.05) is 0 Å². The summed E-state index contributed by atoms with van der Waals surface area (Å²) < 4.78 is 25.9. The molecule has 0 aliphatic carbocycles. The first-order valence-corrected chi connectivity index (χ1v) is 7.32. The first-order chi connectivity index (χ1) is 9.84. The van der Waals surface area contributed by atoms with Crippen LogP contribution in [0.4, 0.5) is 5.69 Å². The number of rotatable bonds is 7. The number of nitro groups is 1. The number of non-ortho nitro benzene ring substituents is 1. The van der Waals surface area contributed by atoms with E-state index >= 15 is 0 Å². The van der Waals surface area contributed by atoms with Crippen molar-refractivity contribution in [3.05, 3.63) is 39.9 Å². The van der Waals surface area contributed by atoms with Crippen molar-refractivity contribution >= 4 is 19.3 Å². The molecule has 0 amide bonds. The molecular weight excluding hydrogens is 303 g/mol. The fourth-order valence-electron chi connectivity index (χ4n) is 1.38. The number of nitro benzene ring substituents is 1. The van der Waals surface area contributed by atoms with E-state index in [-0.39, 0.29) is 12.3 Å². The zero-order valence-electron chi connectivity index (χ0n) is 11.4. The van der Waals surface area contributed by atoms with Gasteiger partial charge in [-0.3, -0.25) is 14.7 Å². The van der Waals surface area contributed by atoms with Gasteiger partial charge in [0, 0.05) is 26.4 Å². The molecule has 0 radical (unpaired) electrons. The third kappa shape index (κ3) is 4.33. The molecule has 2 N–H and O–H groups in total. The Morgan fingerprint density at radius 3 is 2.29 bits per heavy atom. The van der Waals surface area contributed by atoms with E-state index in [9.17, 15) is 19.5 Å². The monoisotopic (exact) mass is 318 g/mol. The number of hydrogen-bond acceptors (Lipinski definition) is 8. The molecule has 21 heavy (non-hydrogen) atoms. The van der Waals surface area contributed by atoms with Crippen LogP contribution in [-0.2, 0) is 29.8 Å². The van der Waals surface area contributed by atoms with Crippen LogP contribution >= 0.6 is 7.60 Å². The lowest BCUT2D eigenvalue weighted by atomic mass is 10.2. The standard InChI is InChI=1S/C11H15N2O7P/c1-18-21(17,19-2)10(12)11(14)20-7-8-3-5-9(6-4-8)13(15)16/h3-6,10H,7,12H2,1-2H3. The summed E-state index contributed by atoms with van der Waals surface area (Å²) in [4.78, 5) is 21.6. The van der Waals surface area contributed by atoms with E-state index in [1.54, 1.807) is 0 Å². The Balaban J connectivity index is 2.64. The van der Waals surface area contributed by atoms with Crippen molar-refractivity contribution in [1.29, 1.82) is 0 Å². The van der Waals surface area contributed by atoms with Crippen molar-refractivity contribution in [2.24, 2.45) is 5.73 Å². The summed E-state index contributed by atoms with van der Waals surface area (Å²) in [5.41, 5.74) is 5.91. The molecule has 0 spiro atoms. The number of hydrogen-bond donors (Lipinski definition) is 1. The zero-order valence-corrected chi connectivity index (χ0v) is 12.3. The van der Waals surface area contributed by atoms with Gasteiger partial charge in [-0.25, -0.2) is 4.79 Å². The van der Waals surface area contributed by atoms with Gasteiger partial charge < -0.3 is 19.5 Å². The normalized spacial score (nSPS) is 12.7. The third-order valence-corrected chi connectivity index (χ3v) is 4.53. The molecule has 10 heteroatoms. The highest BCUT2D eigenvalue weighted by Gasteiger charge is 2.38. The summed E-state index contributed by atoms with van der Waals surface area (Å²) >= 11 is 0. The molecular formula is C11H15N2O7P. The van der Waals surface area contributed by atoms with Crippen LogP contribution in [0.1, 0.15) is 5.56 Å². The smallest absolute Gasteiger partial charge is 0.358 e. The van der Waals surface area contributed by atoms with Crippen LogP contribution in [0.15, 0.2) is 24.3 Å². The number of esters is 1. The predicted molar refractivity (Wildman–Crippen MR) is 72.5 cm³/mol. The lowest BCUT2D eigenvalue weighted by Crippen LogP contribution is -2.33. The van der Waals surface area contributed by atoms with Crippen molar-refractivity contribution in [3.63, 3.8) is 0 Å². The molecule has 0 aliphatic heterocycles. The summed E-state index contributed by atoms with van der Waals surface area (Å²) in [7, 11) is -1.55. The summed E-state index contributed by atoms with van der Waals surface area (Å²) in [6.07, 6.45) is 0. The van der Waals surface area contributed by atoms with Crippen LogP contribution in [0.2, 0.25) is 0 Å². The molecule has 116 valence electrons. The zero-order chi connectivity index (χ0) is 16.0. The number of nitrogens with zero attached hydrogens (tertiary/aromatic N) is 1. The first kappa shape index (κ1) is 17.3. The van der Waals surface area contributed by atoms with Gasteiger partial charge in [0.05, 0.1) is 4.92 Å². The highest BCUT2D eigenvalue weighted by molar-refractivity contribution is 7.55. The second-order valence-electron chi connectivity index (χ2n) is 3.88. The van der Waals surface area contributed by atoms with Crippen molar-refractivity contribution in [3.8, 4) is 0 Å².